The average Bonchev–Trinajstić information content (AvgIpc) is 2.70. The molecule has 94 valence electrons. The summed E-state index contributed by atoms with van der Waals surface area (Å²) in [5.41, 5.74) is 6.71. The van der Waals surface area contributed by atoms with Crippen LogP contribution in [0.25, 0.3) is 10.6 Å². The number of nitrogen functional groups attached to an aromatic ring is 1. The van der Waals surface area contributed by atoms with Crippen LogP contribution in [0, 0.1) is 0 Å². The van der Waals surface area contributed by atoms with Gasteiger partial charge in [-0.2, -0.15) is 0 Å². The van der Waals surface area contributed by atoms with Gasteiger partial charge in [0.05, 0.1) is 7.11 Å². The van der Waals surface area contributed by atoms with Crippen LogP contribution in [0.15, 0.2) is 22.7 Å². The summed E-state index contributed by atoms with van der Waals surface area (Å²) < 4.78 is 5.40. The lowest BCUT2D eigenvalue weighted by molar-refractivity contribution is 0.0596. The molecule has 18 heavy (non-hydrogen) atoms. The van der Waals surface area contributed by atoms with Gasteiger partial charge in [-0.15, -0.1) is 0 Å². The molecule has 0 unspecified atom stereocenters. The van der Waals surface area contributed by atoms with Crippen LogP contribution in [0.2, 0.25) is 5.02 Å². The molecule has 0 amide bonds. The van der Waals surface area contributed by atoms with Gasteiger partial charge in [0.15, 0.2) is 5.69 Å². The molecule has 1 heterocycles. The summed E-state index contributed by atoms with van der Waals surface area (Å²) in [5, 5.41) is 1.58. The standard InChI is InChI=1S/C11H8BrClN2O2S/c1-17-11(16)8-9(14)18-10(15-8)6-3-2-5(13)4-7(6)12/h2-4H,14H2,1H3. The number of carbonyl (C=O) groups excluding carboxylic acids is 1. The van der Waals surface area contributed by atoms with Crippen molar-refractivity contribution in [2.24, 2.45) is 0 Å². The Labute approximate surface area is 121 Å². The third-order valence-corrected chi connectivity index (χ3v) is 4.00. The second-order valence-electron chi connectivity index (χ2n) is 3.35. The van der Waals surface area contributed by atoms with Crippen LogP contribution in [0.5, 0.6) is 0 Å². The quantitative estimate of drug-likeness (QED) is 0.843. The monoisotopic (exact) mass is 346 g/mol. The molecule has 0 spiro atoms. The summed E-state index contributed by atoms with van der Waals surface area (Å²) in [4.78, 5) is 15.6. The first kappa shape index (κ1) is 13.3. The maximum absolute atomic E-state index is 11.4. The number of methoxy groups -OCH3 is 1. The number of esters is 1. The second kappa shape index (κ2) is 5.26. The molecule has 0 fully saturated rings. The molecule has 0 aliphatic carbocycles. The normalized spacial score (nSPS) is 10.4. The molecule has 1 aromatic carbocycles. The van der Waals surface area contributed by atoms with Crippen LogP contribution in [0.4, 0.5) is 5.00 Å². The number of halogens is 2. The Morgan fingerprint density at radius 2 is 2.28 bits per heavy atom. The van der Waals surface area contributed by atoms with E-state index in [1.165, 1.54) is 18.4 Å². The number of nitrogens with two attached hydrogens (primary N) is 1. The van der Waals surface area contributed by atoms with Gasteiger partial charge in [0, 0.05) is 15.1 Å². The number of anilines is 1. The van der Waals surface area contributed by atoms with E-state index in [0.717, 1.165) is 10.0 Å². The van der Waals surface area contributed by atoms with Crippen molar-refractivity contribution < 1.29 is 9.53 Å². The van der Waals surface area contributed by atoms with Crippen molar-refractivity contribution in [3.05, 3.63) is 33.4 Å². The van der Waals surface area contributed by atoms with Crippen LogP contribution in [-0.4, -0.2) is 18.1 Å². The van der Waals surface area contributed by atoms with E-state index < -0.39 is 5.97 Å². The van der Waals surface area contributed by atoms with E-state index in [1.807, 2.05) is 6.07 Å². The lowest BCUT2D eigenvalue weighted by Gasteiger charge is -2.00. The molecule has 1 aromatic heterocycles. The second-order valence-corrected chi connectivity index (χ2v) is 5.67. The lowest BCUT2D eigenvalue weighted by Crippen LogP contribution is -2.04. The van der Waals surface area contributed by atoms with Gasteiger partial charge in [-0.3, -0.25) is 0 Å². The third-order valence-electron chi connectivity index (χ3n) is 2.19. The minimum absolute atomic E-state index is 0.138. The SMILES string of the molecule is COC(=O)c1nc(-c2ccc(Cl)cc2Br)sc1N. The average molecular weight is 348 g/mol. The Morgan fingerprint density at radius 1 is 1.56 bits per heavy atom. The number of rotatable bonds is 2. The summed E-state index contributed by atoms with van der Waals surface area (Å²) in [6.45, 7) is 0. The smallest absolute Gasteiger partial charge is 0.359 e. The number of aromatic nitrogens is 1. The van der Waals surface area contributed by atoms with Crippen LogP contribution in [0.1, 0.15) is 10.5 Å². The maximum Gasteiger partial charge on any atom is 0.359 e. The van der Waals surface area contributed by atoms with Gasteiger partial charge in [-0.25, -0.2) is 9.78 Å². The zero-order valence-corrected chi connectivity index (χ0v) is 12.4. The Morgan fingerprint density at radius 3 is 2.89 bits per heavy atom. The number of hydrogen-bond acceptors (Lipinski definition) is 5. The van der Waals surface area contributed by atoms with Crippen LogP contribution < -0.4 is 5.73 Å². The largest absolute Gasteiger partial charge is 0.464 e. The summed E-state index contributed by atoms with van der Waals surface area (Å²) in [6.07, 6.45) is 0. The number of carbonyl (C=O) groups is 1. The molecule has 7 heteroatoms. The number of hydrogen-bond donors (Lipinski definition) is 1. The molecule has 0 radical (unpaired) electrons. The fourth-order valence-corrected chi connectivity index (χ4v) is 3.21. The zero-order valence-electron chi connectivity index (χ0n) is 9.24. The maximum atomic E-state index is 11.4. The van der Waals surface area contributed by atoms with Crippen molar-refractivity contribution in [1.82, 2.24) is 4.98 Å². The summed E-state index contributed by atoms with van der Waals surface area (Å²) in [5.74, 6) is -0.542. The summed E-state index contributed by atoms with van der Waals surface area (Å²) in [7, 11) is 1.29. The highest BCUT2D eigenvalue weighted by molar-refractivity contribution is 9.10. The Kier molecular flexibility index (Phi) is 3.89. The minimum atomic E-state index is -0.542. The topological polar surface area (TPSA) is 65.2 Å². The lowest BCUT2D eigenvalue weighted by atomic mass is 10.2. The van der Waals surface area contributed by atoms with E-state index in [4.69, 9.17) is 17.3 Å². The first-order chi connectivity index (χ1) is 8.52. The number of thiazole rings is 1. The van der Waals surface area contributed by atoms with E-state index >= 15 is 0 Å². The van der Waals surface area contributed by atoms with Gasteiger partial charge in [0.2, 0.25) is 0 Å². The van der Waals surface area contributed by atoms with Crippen LogP contribution in [0.3, 0.4) is 0 Å². The van der Waals surface area contributed by atoms with Crippen molar-refractivity contribution in [1.29, 1.82) is 0 Å². The molecule has 0 saturated carbocycles. The molecule has 4 nitrogen and oxygen atoms in total. The first-order valence-electron chi connectivity index (χ1n) is 4.83. The highest BCUT2D eigenvalue weighted by Gasteiger charge is 2.18. The third kappa shape index (κ3) is 2.50. The molecule has 0 saturated heterocycles. The molecule has 2 N–H and O–H groups in total. The first-order valence-corrected chi connectivity index (χ1v) is 6.81. The fourth-order valence-electron chi connectivity index (χ4n) is 1.35. The fraction of sp³-hybridized carbons (Fsp3) is 0.0909. The molecule has 2 aromatic rings. The molecular formula is C11H8BrClN2O2S. The highest BCUT2D eigenvalue weighted by atomic mass is 79.9. The van der Waals surface area contributed by atoms with E-state index in [0.29, 0.717) is 15.0 Å². The molecule has 0 atom stereocenters. The molecule has 0 aliphatic rings. The van der Waals surface area contributed by atoms with Crippen molar-refractivity contribution in [3.8, 4) is 10.6 Å². The number of benzene rings is 1. The minimum Gasteiger partial charge on any atom is -0.464 e. The Hall–Kier alpha value is -1.11. The molecule has 0 aliphatic heterocycles. The van der Waals surface area contributed by atoms with E-state index in [2.05, 4.69) is 25.7 Å². The van der Waals surface area contributed by atoms with Gasteiger partial charge in [-0.05, 0) is 18.2 Å². The molecular weight excluding hydrogens is 340 g/mol. The van der Waals surface area contributed by atoms with Crippen LogP contribution in [-0.2, 0) is 4.74 Å². The van der Waals surface area contributed by atoms with Crippen molar-refractivity contribution in [3.63, 3.8) is 0 Å². The summed E-state index contributed by atoms with van der Waals surface area (Å²) >= 11 is 10.5. The van der Waals surface area contributed by atoms with Gasteiger partial charge < -0.3 is 10.5 Å². The van der Waals surface area contributed by atoms with E-state index in [-0.39, 0.29) is 5.69 Å². The van der Waals surface area contributed by atoms with Gasteiger partial charge in [0.1, 0.15) is 10.0 Å². The van der Waals surface area contributed by atoms with Gasteiger partial charge in [-0.1, -0.05) is 38.9 Å². The number of nitrogens with zero attached hydrogens (tertiary/aromatic N) is 1. The molecule has 2 rings (SSSR count). The predicted molar refractivity (Wildman–Crippen MR) is 76.0 cm³/mol. The highest BCUT2D eigenvalue weighted by Crippen LogP contribution is 2.35. The zero-order chi connectivity index (χ0) is 13.3. The van der Waals surface area contributed by atoms with Gasteiger partial charge in [0.25, 0.3) is 0 Å². The van der Waals surface area contributed by atoms with Gasteiger partial charge >= 0.3 is 5.97 Å². The van der Waals surface area contributed by atoms with Crippen molar-refractivity contribution >= 4 is 49.8 Å². The van der Waals surface area contributed by atoms with Crippen LogP contribution >= 0.6 is 38.9 Å². The number of ether oxygens (including phenoxy) is 1. The van der Waals surface area contributed by atoms with E-state index in [9.17, 15) is 4.79 Å². The predicted octanol–water partition coefficient (Wildman–Crippen LogP) is 3.59. The Balaban J connectivity index is 2.49. The summed E-state index contributed by atoms with van der Waals surface area (Å²) in [6, 6.07) is 5.31. The molecule has 0 bridgehead atoms. The van der Waals surface area contributed by atoms with Crippen molar-refractivity contribution in [2.45, 2.75) is 0 Å². The van der Waals surface area contributed by atoms with E-state index in [1.54, 1.807) is 12.1 Å². The Bertz CT molecular complexity index is 615. The van der Waals surface area contributed by atoms with Crippen molar-refractivity contribution in [2.75, 3.05) is 12.8 Å².